The topological polar surface area (TPSA) is 187 Å². The van der Waals surface area contributed by atoms with Crippen LogP contribution in [0.25, 0.3) is 0 Å². The highest BCUT2D eigenvalue weighted by Crippen LogP contribution is 2.41. The smallest absolute Gasteiger partial charge is 0.417 e. The van der Waals surface area contributed by atoms with E-state index in [-0.39, 0.29) is 33.7 Å². The van der Waals surface area contributed by atoms with E-state index in [0.29, 0.717) is 38.2 Å². The lowest BCUT2D eigenvalue weighted by molar-refractivity contribution is -0.138. The van der Waals surface area contributed by atoms with E-state index in [4.69, 9.17) is 77.0 Å². The molecule has 0 radical (unpaired) electrons. The Balaban J connectivity index is 0.000000214. The molecule has 2 atom stereocenters. The number of halogens is 11. The number of nitrogens with zero attached hydrogens (tertiary/aromatic N) is 5. The van der Waals surface area contributed by atoms with Gasteiger partial charge in [-0.1, -0.05) is 70.7 Å². The number of sulfonamides is 2. The molecule has 77 heavy (non-hydrogen) atoms. The summed E-state index contributed by atoms with van der Waals surface area (Å²) >= 11 is 28.6. The number of benzene rings is 4. The quantitative estimate of drug-likeness (QED) is 0.0693. The molecule has 2 aromatic heterocycles. The van der Waals surface area contributed by atoms with Crippen LogP contribution in [0.4, 0.5) is 49.1 Å². The maximum absolute atomic E-state index is 13.8. The van der Waals surface area contributed by atoms with E-state index in [1.54, 1.807) is 31.2 Å². The number of aromatic nitrogens is 2. The Morgan fingerprint density at radius 2 is 1.13 bits per heavy atom. The van der Waals surface area contributed by atoms with Crippen LogP contribution >= 0.6 is 58.0 Å². The highest BCUT2D eigenvalue weighted by atomic mass is 35.5. The number of carbonyl (C=O) groups excluding carboxylic acids is 2. The Kier molecular flexibility index (Phi) is 19.5. The van der Waals surface area contributed by atoms with Crippen molar-refractivity contribution in [2.24, 2.45) is 0 Å². The number of anilines is 4. The van der Waals surface area contributed by atoms with Crippen molar-refractivity contribution in [2.45, 2.75) is 48.1 Å². The number of hydrogen-bond acceptors (Lipinski definition) is 13. The summed E-state index contributed by atoms with van der Waals surface area (Å²) < 4.78 is 155. The summed E-state index contributed by atoms with van der Waals surface area (Å²) in [6.07, 6.45) is -7.57. The summed E-state index contributed by atoms with van der Waals surface area (Å²) in [6.45, 7) is 3.44. The number of amides is 1. The van der Waals surface area contributed by atoms with Gasteiger partial charge in [0, 0.05) is 26.6 Å². The number of nitrogens with one attached hydrogen (secondary N) is 1. The van der Waals surface area contributed by atoms with Crippen LogP contribution in [0.2, 0.25) is 20.1 Å². The van der Waals surface area contributed by atoms with E-state index in [2.05, 4.69) is 22.2 Å². The van der Waals surface area contributed by atoms with Crippen molar-refractivity contribution >= 4 is 112 Å². The highest BCUT2D eigenvalue weighted by Gasteiger charge is 2.40. The zero-order valence-corrected chi connectivity index (χ0v) is 45.6. The molecule has 0 saturated heterocycles. The van der Waals surface area contributed by atoms with Crippen molar-refractivity contribution < 1.29 is 71.7 Å². The zero-order chi connectivity index (χ0) is 56.8. The van der Waals surface area contributed by atoms with E-state index in [9.17, 15) is 52.8 Å². The minimum atomic E-state index is -4.91. The fourth-order valence-corrected chi connectivity index (χ4v) is 11.0. The third kappa shape index (κ3) is 14.1. The van der Waals surface area contributed by atoms with Gasteiger partial charge in [-0.15, -0.1) is 0 Å². The molecule has 2 aliphatic heterocycles. The average molecular weight is 1220 g/mol. The van der Waals surface area contributed by atoms with Gasteiger partial charge in [0.1, 0.15) is 43.9 Å². The standard InChI is InChI=1S/C24H20Cl2F3N3O5S.C15H10Cl3F3N2O4S.C9H11NO/c1-14-12-37-21-6-4-3-5-19(21)32(14)23(33)22-20(9-15(25)11-30-22)31(13-36-2)38(34,35)16-7-8-18(26)17(10-16)24(27,28)29;1-27-7-23(12-4-8(16)6-22-13(12)14(18)24)28(25,26)9-2-3-11(17)10(5-9)15(19,20)21;1-7-6-11-9-5-3-2-4-8(9)10-7/h3-11,14H,12-13H2,1-2H3;2-6H,7H2,1H3;2-5,7,10H,6H2,1H3. The van der Waals surface area contributed by atoms with Gasteiger partial charge in [-0.2, -0.15) is 26.3 Å². The van der Waals surface area contributed by atoms with Gasteiger partial charge >= 0.3 is 12.4 Å². The summed E-state index contributed by atoms with van der Waals surface area (Å²) in [6, 6.07) is 21.2. The lowest BCUT2D eigenvalue weighted by atomic mass is 10.1. The van der Waals surface area contributed by atoms with Crippen molar-refractivity contribution in [3.63, 3.8) is 0 Å². The lowest BCUT2D eigenvalue weighted by Gasteiger charge is -2.35. The third-order valence-electron chi connectivity index (χ3n) is 10.8. The van der Waals surface area contributed by atoms with Gasteiger partial charge in [-0.3, -0.25) is 14.5 Å². The summed E-state index contributed by atoms with van der Waals surface area (Å²) in [7, 11) is -7.06. The number of methoxy groups -OCH3 is 2. The van der Waals surface area contributed by atoms with Crippen LogP contribution in [0, 0.1) is 0 Å². The average Bonchev–Trinajstić information content (AvgIpc) is 3.36. The molecule has 29 heteroatoms. The SMILES string of the molecule is CC1COc2ccccc2N1.COCN(c1cc(Cl)cnc1C(=O)Cl)S(=O)(=O)c1ccc(Cl)c(C(F)(F)F)c1.COCN(c1cc(Cl)cnc1C(=O)N1c2ccccc2OCC1C)S(=O)(=O)c1ccc(Cl)c(C(F)(F)F)c1. The minimum Gasteiger partial charge on any atom is -0.489 e. The second-order valence-electron chi connectivity index (χ2n) is 16.3. The fraction of sp³-hybridized carbons (Fsp3) is 0.250. The molecule has 4 aromatic carbocycles. The second kappa shape index (κ2) is 24.9. The summed E-state index contributed by atoms with van der Waals surface area (Å²) in [5.41, 5.74) is -2.58. The predicted octanol–water partition coefficient (Wildman–Crippen LogP) is 12.1. The molecule has 0 aliphatic carbocycles. The number of hydrogen-bond donors (Lipinski definition) is 1. The molecule has 8 rings (SSSR count). The number of para-hydroxylation sites is 4. The number of rotatable bonds is 12. The van der Waals surface area contributed by atoms with Crippen LogP contribution < -0.4 is 28.3 Å². The van der Waals surface area contributed by atoms with Crippen LogP contribution in [-0.4, -0.2) is 90.9 Å². The van der Waals surface area contributed by atoms with Crippen molar-refractivity contribution in [1.82, 2.24) is 9.97 Å². The summed E-state index contributed by atoms with van der Waals surface area (Å²) in [5, 5.41) is 0.827. The molecule has 4 heterocycles. The number of fused-ring (bicyclic) bond motifs is 2. The molecule has 16 nitrogen and oxygen atoms in total. The van der Waals surface area contributed by atoms with Gasteiger partial charge < -0.3 is 24.3 Å². The number of carbonyl (C=O) groups is 2. The molecule has 1 amide bonds. The number of pyridine rings is 2. The normalized spacial score (nSPS) is 15.1. The van der Waals surface area contributed by atoms with Gasteiger partial charge in [0.2, 0.25) is 0 Å². The molecule has 0 saturated carbocycles. The Labute approximate surface area is 462 Å². The molecule has 0 fully saturated rings. The third-order valence-corrected chi connectivity index (χ3v) is 15.5. The Hall–Kier alpha value is -5.83. The molecule has 2 unspecified atom stereocenters. The lowest BCUT2D eigenvalue weighted by Crippen LogP contribution is -2.46. The van der Waals surface area contributed by atoms with Crippen molar-refractivity contribution in [2.75, 3.05) is 59.7 Å². The van der Waals surface area contributed by atoms with Crippen LogP contribution in [0.15, 0.2) is 119 Å². The van der Waals surface area contributed by atoms with Crippen LogP contribution in [0.5, 0.6) is 11.5 Å². The van der Waals surface area contributed by atoms with Gasteiger partial charge in [0.25, 0.3) is 31.2 Å². The summed E-state index contributed by atoms with van der Waals surface area (Å²) in [4.78, 5) is 33.2. The Morgan fingerprint density at radius 1 is 0.675 bits per heavy atom. The molecule has 2 aliphatic rings. The minimum absolute atomic E-state index is 0.0182. The predicted molar refractivity (Wildman–Crippen MR) is 278 cm³/mol. The van der Waals surface area contributed by atoms with Gasteiger partial charge in [-0.25, -0.2) is 35.4 Å². The van der Waals surface area contributed by atoms with E-state index < -0.39 is 99.7 Å². The molecule has 0 bridgehead atoms. The first kappa shape index (κ1) is 60.4. The first-order chi connectivity index (χ1) is 36.1. The zero-order valence-electron chi connectivity index (χ0n) is 40.2. The summed E-state index contributed by atoms with van der Waals surface area (Å²) in [5.74, 6) is 0.727. The second-order valence-corrected chi connectivity index (χ2v) is 22.0. The molecular formula is C48H41Cl5F6N6O10S2. The molecule has 0 spiro atoms. The maximum atomic E-state index is 13.8. The van der Waals surface area contributed by atoms with Gasteiger partial charge in [0.05, 0.1) is 75.8 Å². The molecular weight excluding hydrogens is 1180 g/mol. The van der Waals surface area contributed by atoms with Crippen molar-refractivity contribution in [1.29, 1.82) is 0 Å². The van der Waals surface area contributed by atoms with E-state index in [1.807, 2.05) is 24.3 Å². The van der Waals surface area contributed by atoms with E-state index in [1.165, 1.54) is 18.1 Å². The van der Waals surface area contributed by atoms with E-state index >= 15 is 0 Å². The van der Waals surface area contributed by atoms with Gasteiger partial charge in [0.15, 0.2) is 5.69 Å². The molecule has 412 valence electrons. The maximum Gasteiger partial charge on any atom is 0.417 e. The number of ether oxygens (including phenoxy) is 4. The van der Waals surface area contributed by atoms with Crippen LogP contribution in [0.3, 0.4) is 0 Å². The molecule has 6 aromatic rings. The first-order valence-electron chi connectivity index (χ1n) is 21.9. The van der Waals surface area contributed by atoms with Crippen LogP contribution in [-0.2, 0) is 41.9 Å². The van der Waals surface area contributed by atoms with Gasteiger partial charge in [-0.05, 0) is 98.2 Å². The Morgan fingerprint density at radius 3 is 1.62 bits per heavy atom. The Bertz CT molecular complexity index is 3390. The first-order valence-corrected chi connectivity index (χ1v) is 26.7. The molecule has 1 N–H and O–H groups in total. The van der Waals surface area contributed by atoms with E-state index in [0.717, 1.165) is 67.9 Å². The van der Waals surface area contributed by atoms with Crippen molar-refractivity contribution in [3.8, 4) is 11.5 Å². The highest BCUT2D eigenvalue weighted by molar-refractivity contribution is 7.93. The van der Waals surface area contributed by atoms with Crippen molar-refractivity contribution in [3.05, 3.63) is 152 Å². The fourth-order valence-electron chi connectivity index (χ4n) is 7.30. The monoisotopic (exact) mass is 1210 g/mol. The van der Waals surface area contributed by atoms with Crippen LogP contribution in [0.1, 0.15) is 46.0 Å². The number of alkyl halides is 6. The largest absolute Gasteiger partial charge is 0.489 e.